The highest BCUT2D eigenvalue weighted by molar-refractivity contribution is 5.79. The fraction of sp³-hybridized carbons (Fsp3) is 0.455. The summed E-state index contributed by atoms with van der Waals surface area (Å²) < 4.78 is 2.19. The molecule has 0 aromatic carbocycles. The Bertz CT molecular complexity index is 463. The highest BCUT2D eigenvalue weighted by Gasteiger charge is 2.17. The average Bonchev–Trinajstić information content (AvgIpc) is 2.44. The summed E-state index contributed by atoms with van der Waals surface area (Å²) in [6.45, 7) is 8.61. The van der Waals surface area contributed by atoms with Crippen LogP contribution in [0.25, 0.3) is 11.0 Å². The Hall–Kier alpha value is -1.38. The van der Waals surface area contributed by atoms with Gasteiger partial charge in [-0.05, 0) is 33.3 Å². The van der Waals surface area contributed by atoms with Crippen LogP contribution in [0.1, 0.15) is 26.3 Å². The van der Waals surface area contributed by atoms with Crippen LogP contribution in [0, 0.1) is 6.92 Å². The van der Waals surface area contributed by atoms with Gasteiger partial charge in [0.15, 0.2) is 0 Å². The molecule has 0 N–H and O–H groups in total. The first-order valence-electron chi connectivity index (χ1n) is 4.78. The van der Waals surface area contributed by atoms with Gasteiger partial charge in [0.1, 0.15) is 12.0 Å². The van der Waals surface area contributed by atoms with Crippen molar-refractivity contribution in [2.24, 2.45) is 0 Å². The van der Waals surface area contributed by atoms with E-state index >= 15 is 0 Å². The molecule has 0 saturated carbocycles. The molecular weight excluding hydrogens is 174 g/mol. The maximum Gasteiger partial charge on any atom is 0.144 e. The molecule has 3 nitrogen and oxygen atoms in total. The van der Waals surface area contributed by atoms with Crippen LogP contribution in [0.2, 0.25) is 0 Å². The molecule has 2 rings (SSSR count). The molecule has 14 heavy (non-hydrogen) atoms. The molecule has 0 bridgehead atoms. The second-order valence-electron chi connectivity index (χ2n) is 4.61. The monoisotopic (exact) mass is 189 g/mol. The predicted molar refractivity (Wildman–Crippen MR) is 57.3 cm³/mol. The summed E-state index contributed by atoms with van der Waals surface area (Å²) in [5.41, 5.74) is 2.32. The summed E-state index contributed by atoms with van der Waals surface area (Å²) in [4.78, 5) is 8.36. The van der Waals surface area contributed by atoms with Crippen molar-refractivity contribution in [1.29, 1.82) is 0 Å². The Balaban J connectivity index is 2.80. The first kappa shape index (κ1) is 9.19. The average molecular weight is 189 g/mol. The zero-order valence-corrected chi connectivity index (χ0v) is 9.07. The molecule has 0 radical (unpaired) electrons. The first-order chi connectivity index (χ1) is 6.50. The number of rotatable bonds is 0. The van der Waals surface area contributed by atoms with Crippen LogP contribution >= 0.6 is 0 Å². The SMILES string of the molecule is Cc1cn(C(C)(C)C)c2ncncc12. The van der Waals surface area contributed by atoms with Crippen LogP contribution in [0.5, 0.6) is 0 Å². The van der Waals surface area contributed by atoms with Crippen molar-refractivity contribution in [2.45, 2.75) is 33.2 Å². The number of hydrogen-bond acceptors (Lipinski definition) is 2. The lowest BCUT2D eigenvalue weighted by Gasteiger charge is -2.21. The summed E-state index contributed by atoms with van der Waals surface area (Å²) in [5.74, 6) is 0. The molecule has 0 aliphatic rings. The molecule has 2 heterocycles. The van der Waals surface area contributed by atoms with Gasteiger partial charge in [-0.2, -0.15) is 0 Å². The fourth-order valence-corrected chi connectivity index (χ4v) is 1.63. The smallest absolute Gasteiger partial charge is 0.144 e. The molecule has 0 unspecified atom stereocenters. The highest BCUT2D eigenvalue weighted by Crippen LogP contribution is 2.24. The van der Waals surface area contributed by atoms with Gasteiger partial charge in [-0.1, -0.05) is 0 Å². The summed E-state index contributed by atoms with van der Waals surface area (Å²) in [6, 6.07) is 0. The Morgan fingerprint density at radius 1 is 1.29 bits per heavy atom. The molecule has 0 spiro atoms. The molecule has 0 fully saturated rings. The number of nitrogens with zero attached hydrogens (tertiary/aromatic N) is 3. The molecule has 0 saturated heterocycles. The largest absolute Gasteiger partial charge is 0.327 e. The minimum absolute atomic E-state index is 0.0703. The number of aromatic nitrogens is 3. The van der Waals surface area contributed by atoms with E-state index in [9.17, 15) is 0 Å². The quantitative estimate of drug-likeness (QED) is 0.637. The van der Waals surface area contributed by atoms with Crippen molar-refractivity contribution in [2.75, 3.05) is 0 Å². The normalized spacial score (nSPS) is 12.3. The minimum atomic E-state index is 0.0703. The zero-order chi connectivity index (χ0) is 10.3. The topological polar surface area (TPSA) is 30.7 Å². The standard InChI is InChI=1S/C11H15N3/c1-8-6-14(11(2,3)4)10-9(8)5-12-7-13-10/h5-7H,1-4H3. The van der Waals surface area contributed by atoms with Gasteiger partial charge in [-0.3, -0.25) is 0 Å². The third-order valence-electron chi connectivity index (χ3n) is 2.39. The molecule has 0 aliphatic carbocycles. The molecule has 2 aromatic heterocycles. The van der Waals surface area contributed by atoms with Gasteiger partial charge in [-0.25, -0.2) is 9.97 Å². The van der Waals surface area contributed by atoms with E-state index < -0.39 is 0 Å². The number of aryl methyl sites for hydroxylation is 1. The molecule has 0 atom stereocenters. The summed E-state index contributed by atoms with van der Waals surface area (Å²) in [6.07, 6.45) is 5.61. The number of hydrogen-bond donors (Lipinski definition) is 0. The Kier molecular flexibility index (Phi) is 1.84. The maximum atomic E-state index is 4.32. The van der Waals surface area contributed by atoms with E-state index in [0.717, 1.165) is 11.0 Å². The third-order valence-corrected chi connectivity index (χ3v) is 2.39. The van der Waals surface area contributed by atoms with Crippen molar-refractivity contribution < 1.29 is 0 Å². The molecule has 0 aliphatic heterocycles. The van der Waals surface area contributed by atoms with Gasteiger partial charge in [0.2, 0.25) is 0 Å². The molecule has 0 amide bonds. The zero-order valence-electron chi connectivity index (χ0n) is 9.07. The van der Waals surface area contributed by atoms with Crippen LogP contribution in [0.3, 0.4) is 0 Å². The van der Waals surface area contributed by atoms with Crippen molar-refractivity contribution in [1.82, 2.24) is 14.5 Å². The van der Waals surface area contributed by atoms with Crippen molar-refractivity contribution in [3.63, 3.8) is 0 Å². The van der Waals surface area contributed by atoms with Crippen LogP contribution < -0.4 is 0 Å². The van der Waals surface area contributed by atoms with Crippen LogP contribution in [-0.2, 0) is 5.54 Å². The second kappa shape index (κ2) is 2.80. The molecular formula is C11H15N3. The van der Waals surface area contributed by atoms with Crippen LogP contribution in [0.15, 0.2) is 18.7 Å². The fourth-order valence-electron chi connectivity index (χ4n) is 1.63. The van der Waals surface area contributed by atoms with E-state index in [0.29, 0.717) is 0 Å². The van der Waals surface area contributed by atoms with E-state index in [4.69, 9.17) is 0 Å². The van der Waals surface area contributed by atoms with Gasteiger partial charge in [-0.15, -0.1) is 0 Å². The van der Waals surface area contributed by atoms with Crippen molar-refractivity contribution in [3.8, 4) is 0 Å². The maximum absolute atomic E-state index is 4.32. The Morgan fingerprint density at radius 2 is 2.00 bits per heavy atom. The second-order valence-corrected chi connectivity index (χ2v) is 4.61. The predicted octanol–water partition coefficient (Wildman–Crippen LogP) is 2.49. The van der Waals surface area contributed by atoms with E-state index in [1.54, 1.807) is 6.33 Å². The van der Waals surface area contributed by atoms with E-state index in [-0.39, 0.29) is 5.54 Å². The van der Waals surface area contributed by atoms with Gasteiger partial charge >= 0.3 is 0 Å². The number of fused-ring (bicyclic) bond motifs is 1. The van der Waals surface area contributed by atoms with E-state index in [2.05, 4.69) is 48.4 Å². The van der Waals surface area contributed by atoms with Crippen LogP contribution in [-0.4, -0.2) is 14.5 Å². The van der Waals surface area contributed by atoms with Gasteiger partial charge < -0.3 is 4.57 Å². The molecule has 3 heteroatoms. The lowest BCUT2D eigenvalue weighted by Crippen LogP contribution is -2.20. The van der Waals surface area contributed by atoms with Gasteiger partial charge in [0.25, 0.3) is 0 Å². The lowest BCUT2D eigenvalue weighted by atomic mass is 10.1. The minimum Gasteiger partial charge on any atom is -0.327 e. The molecule has 2 aromatic rings. The summed E-state index contributed by atoms with van der Waals surface area (Å²) in [5, 5.41) is 1.14. The van der Waals surface area contributed by atoms with Crippen molar-refractivity contribution >= 4 is 11.0 Å². The third kappa shape index (κ3) is 1.29. The summed E-state index contributed by atoms with van der Waals surface area (Å²) >= 11 is 0. The molecule has 74 valence electrons. The van der Waals surface area contributed by atoms with E-state index in [1.165, 1.54) is 5.56 Å². The Morgan fingerprint density at radius 3 is 2.64 bits per heavy atom. The highest BCUT2D eigenvalue weighted by atomic mass is 15.1. The van der Waals surface area contributed by atoms with Crippen molar-refractivity contribution in [3.05, 3.63) is 24.3 Å². The van der Waals surface area contributed by atoms with E-state index in [1.807, 2.05) is 6.20 Å². The summed E-state index contributed by atoms with van der Waals surface area (Å²) in [7, 11) is 0. The van der Waals surface area contributed by atoms with Crippen LogP contribution in [0.4, 0.5) is 0 Å². The first-order valence-corrected chi connectivity index (χ1v) is 4.78. The van der Waals surface area contributed by atoms with Gasteiger partial charge in [0.05, 0.1) is 0 Å². The van der Waals surface area contributed by atoms with Gasteiger partial charge in [0, 0.05) is 23.3 Å². The Labute approximate surface area is 83.8 Å². The lowest BCUT2D eigenvalue weighted by molar-refractivity contribution is 0.408.